The van der Waals surface area contributed by atoms with Gasteiger partial charge in [0.25, 0.3) is 0 Å². The fourth-order valence-electron chi connectivity index (χ4n) is 1.09. The van der Waals surface area contributed by atoms with Crippen molar-refractivity contribution < 1.29 is 0 Å². The molecule has 0 fully saturated rings. The van der Waals surface area contributed by atoms with Gasteiger partial charge in [-0.3, -0.25) is 0 Å². The monoisotopic (exact) mass is 114 g/mol. The molecule has 44 valence electrons. The molecule has 1 heteroatoms. The zero-order valence-electron chi connectivity index (χ0n) is 6.65. The summed E-state index contributed by atoms with van der Waals surface area (Å²) in [5.74, 6) is 0. The molecule has 0 heterocycles. The van der Waals surface area contributed by atoms with Crippen molar-refractivity contribution in [2.45, 2.75) is 24.9 Å². The van der Waals surface area contributed by atoms with Crippen LogP contribution in [0.4, 0.5) is 0 Å². The Labute approximate surface area is 66.2 Å². The Hall–Kier alpha value is 0.0774. The minimum absolute atomic E-state index is 0.323. The number of allylic oxidation sites excluding steroid dienone is 4. The summed E-state index contributed by atoms with van der Waals surface area (Å²) >= 11 is 2.25. The van der Waals surface area contributed by atoms with Gasteiger partial charge in [0.15, 0.2) is 0 Å². The minimum atomic E-state index is 0.323. The van der Waals surface area contributed by atoms with Crippen molar-refractivity contribution in [3.05, 3.63) is 23.3 Å². The summed E-state index contributed by atoms with van der Waals surface area (Å²) in [5, 5.41) is 0. The topological polar surface area (TPSA) is 0 Å². The van der Waals surface area contributed by atoms with E-state index in [4.69, 9.17) is 0 Å². The molecule has 1 rings (SSSR count). The second-order valence-corrected chi connectivity index (χ2v) is 3.36. The van der Waals surface area contributed by atoms with Crippen molar-refractivity contribution in [2.24, 2.45) is 0 Å². The predicted molar refractivity (Wildman–Crippen MR) is 41.6 cm³/mol. The summed E-state index contributed by atoms with van der Waals surface area (Å²) in [7, 11) is 0. The fraction of sp³-hybridized carbons (Fsp3) is 0.500. The maximum absolute atomic E-state index is 2.26. The molecule has 9 heavy (non-hydrogen) atoms. The maximum atomic E-state index is 2.26. The van der Waals surface area contributed by atoms with Crippen molar-refractivity contribution in [1.29, 1.82) is 0 Å². The van der Waals surface area contributed by atoms with Crippen LogP contribution in [-0.2, 0) is 0 Å². The third kappa shape index (κ3) is 1.15. The van der Waals surface area contributed by atoms with Crippen LogP contribution >= 0.6 is 0 Å². The summed E-state index contributed by atoms with van der Waals surface area (Å²) in [6, 6.07) is 0. The summed E-state index contributed by atoms with van der Waals surface area (Å²) in [5.41, 5.74) is 2.93. The Morgan fingerprint density at radius 3 is 2.11 bits per heavy atom. The molecule has 0 aromatic heterocycles. The molecule has 0 amide bonds. The van der Waals surface area contributed by atoms with E-state index in [2.05, 4.69) is 50.6 Å². The third-order valence-electron chi connectivity index (χ3n) is 2.31. The molecular weight excluding hydrogens is 103 g/mol. The van der Waals surface area contributed by atoms with Crippen LogP contribution in [0, 0.1) is 0 Å². The number of rotatable bonds is 0. The van der Waals surface area contributed by atoms with Gasteiger partial charge in [0, 0.05) is 0 Å². The normalized spacial score (nSPS) is 34.3. The Morgan fingerprint density at radius 2 is 2.00 bits per heavy atom. The molecule has 0 spiro atoms. The Balaban J connectivity index is 3.01. The quantitative estimate of drug-likeness (QED) is 0.423. The van der Waals surface area contributed by atoms with E-state index in [1.54, 1.807) is 0 Å². The second-order valence-electron chi connectivity index (χ2n) is 3.36. The van der Waals surface area contributed by atoms with Crippen molar-refractivity contribution >= 4 is 17.7 Å². The fourth-order valence-corrected chi connectivity index (χ4v) is 1.09. The van der Waals surface area contributed by atoms with E-state index in [0.29, 0.717) is 4.09 Å². The summed E-state index contributed by atoms with van der Waals surface area (Å²) in [6.45, 7) is 6.62. The number of hydrogen-bond donors (Lipinski definition) is 0. The van der Waals surface area contributed by atoms with Gasteiger partial charge in [-0.05, 0) is 0 Å². The molecule has 0 nitrogen and oxygen atoms in total. The molecule has 1 aliphatic carbocycles. The van der Waals surface area contributed by atoms with E-state index in [1.165, 1.54) is 11.1 Å². The van der Waals surface area contributed by atoms with Crippen LogP contribution in [0.5, 0.6) is 0 Å². The van der Waals surface area contributed by atoms with Gasteiger partial charge in [-0.15, -0.1) is 0 Å². The van der Waals surface area contributed by atoms with E-state index in [1.807, 2.05) is 0 Å². The number of hydrogen-bond acceptors (Lipinski definition) is 0. The summed E-state index contributed by atoms with van der Waals surface area (Å²) in [4.78, 5) is 0. The van der Waals surface area contributed by atoms with Crippen LogP contribution < -0.4 is 0 Å². The van der Waals surface area contributed by atoms with Crippen molar-refractivity contribution in [2.75, 3.05) is 0 Å². The first kappa shape index (κ1) is 7.19. The van der Waals surface area contributed by atoms with E-state index in [0.717, 1.165) is 0 Å². The van der Waals surface area contributed by atoms with Crippen molar-refractivity contribution in [1.82, 2.24) is 0 Å². The molecule has 0 radical (unpaired) electrons. The van der Waals surface area contributed by atoms with E-state index in [-0.39, 0.29) is 0 Å². The molecule has 0 aromatic carbocycles. The molecule has 0 aromatic rings. The average Bonchev–Trinajstić information content (AvgIpc) is 1.97. The van der Waals surface area contributed by atoms with Crippen molar-refractivity contribution in [3.63, 3.8) is 0 Å². The standard InChI is InChI=1S/C8H11.Li/c1-6-4-5-7(2)8(6)3;/h4-5H,1-3H3;. The summed E-state index contributed by atoms with van der Waals surface area (Å²) < 4.78 is 0.323. The van der Waals surface area contributed by atoms with Gasteiger partial charge in [-0.2, -0.15) is 0 Å². The first-order valence-electron chi connectivity index (χ1n) is 3.41. The zero-order chi connectivity index (χ0) is 7.07. The molecule has 0 saturated heterocycles. The Morgan fingerprint density at radius 1 is 1.44 bits per heavy atom. The van der Waals surface area contributed by atoms with Crippen LogP contribution in [0.25, 0.3) is 0 Å². The van der Waals surface area contributed by atoms with Gasteiger partial charge in [0.2, 0.25) is 0 Å². The van der Waals surface area contributed by atoms with Crippen LogP contribution in [0.2, 0.25) is 4.09 Å². The predicted octanol–water partition coefficient (Wildman–Crippen LogP) is 2.24. The molecule has 1 unspecified atom stereocenters. The SMILES string of the molecule is [Li][C]1(C)C=CC(C)=C1C. The van der Waals surface area contributed by atoms with E-state index < -0.39 is 0 Å². The summed E-state index contributed by atoms with van der Waals surface area (Å²) in [6.07, 6.45) is 4.47. The molecule has 0 aliphatic heterocycles. The van der Waals surface area contributed by atoms with Gasteiger partial charge in [-0.1, -0.05) is 0 Å². The van der Waals surface area contributed by atoms with Crippen LogP contribution in [0.15, 0.2) is 23.3 Å². The molecule has 1 atom stereocenters. The zero-order valence-corrected chi connectivity index (χ0v) is 6.65. The van der Waals surface area contributed by atoms with Gasteiger partial charge in [0.1, 0.15) is 0 Å². The van der Waals surface area contributed by atoms with Gasteiger partial charge in [-0.25, -0.2) is 0 Å². The average molecular weight is 114 g/mol. The second kappa shape index (κ2) is 2.04. The molecule has 0 N–H and O–H groups in total. The molecular formula is C8H11Li. The molecule has 0 bridgehead atoms. The Kier molecular flexibility index (Phi) is 1.63. The van der Waals surface area contributed by atoms with Gasteiger partial charge < -0.3 is 0 Å². The van der Waals surface area contributed by atoms with E-state index in [9.17, 15) is 0 Å². The first-order chi connectivity index (χ1) is 4.04. The van der Waals surface area contributed by atoms with Crippen molar-refractivity contribution in [3.8, 4) is 0 Å². The Bertz CT molecular complexity index is 185. The molecule has 0 saturated carbocycles. The van der Waals surface area contributed by atoms with Crippen LogP contribution in [0.3, 0.4) is 0 Å². The van der Waals surface area contributed by atoms with Crippen LogP contribution in [0.1, 0.15) is 20.8 Å². The molecule has 1 aliphatic rings. The van der Waals surface area contributed by atoms with E-state index >= 15 is 0 Å². The third-order valence-corrected chi connectivity index (χ3v) is 2.31. The van der Waals surface area contributed by atoms with Gasteiger partial charge in [0.05, 0.1) is 0 Å². The first-order valence-corrected chi connectivity index (χ1v) is 3.41. The van der Waals surface area contributed by atoms with Crippen LogP contribution in [-0.4, -0.2) is 17.7 Å². The van der Waals surface area contributed by atoms with Gasteiger partial charge >= 0.3 is 65.9 Å².